The molecule has 0 aliphatic rings. The Hall–Kier alpha value is -3.14. The zero-order valence-corrected chi connectivity index (χ0v) is 22.5. The van der Waals surface area contributed by atoms with E-state index in [1.807, 2.05) is 0 Å². The summed E-state index contributed by atoms with van der Waals surface area (Å²) in [6, 6.07) is 16.6. The predicted molar refractivity (Wildman–Crippen MR) is 143 cm³/mol. The number of anilines is 1. The van der Waals surface area contributed by atoms with Crippen LogP contribution in [0.2, 0.25) is 10.0 Å². The van der Waals surface area contributed by atoms with Gasteiger partial charge in [0.2, 0.25) is 11.8 Å². The van der Waals surface area contributed by atoms with Crippen LogP contribution in [0, 0.1) is 5.82 Å². The molecular formula is C26H26Cl2FN3O4S. The maximum Gasteiger partial charge on any atom is 0.264 e. The minimum Gasteiger partial charge on any atom is -0.355 e. The summed E-state index contributed by atoms with van der Waals surface area (Å²) < 4.78 is 42.7. The van der Waals surface area contributed by atoms with Gasteiger partial charge >= 0.3 is 0 Å². The lowest BCUT2D eigenvalue weighted by atomic mass is 10.1. The molecule has 0 radical (unpaired) electrons. The highest BCUT2D eigenvalue weighted by Gasteiger charge is 2.33. The van der Waals surface area contributed by atoms with Crippen LogP contribution in [0.5, 0.6) is 0 Å². The maximum absolute atomic E-state index is 14.5. The summed E-state index contributed by atoms with van der Waals surface area (Å²) in [7, 11) is -4.29. The van der Waals surface area contributed by atoms with Crippen molar-refractivity contribution in [2.24, 2.45) is 0 Å². The summed E-state index contributed by atoms with van der Waals surface area (Å²) >= 11 is 12.5. The molecule has 2 amide bonds. The number of nitrogens with one attached hydrogen (secondary N) is 1. The van der Waals surface area contributed by atoms with Crippen LogP contribution in [0.25, 0.3) is 0 Å². The average molecular weight is 566 g/mol. The van der Waals surface area contributed by atoms with Crippen molar-refractivity contribution in [3.63, 3.8) is 0 Å². The molecule has 0 heterocycles. The highest BCUT2D eigenvalue weighted by molar-refractivity contribution is 7.92. The molecule has 3 rings (SSSR count). The summed E-state index contributed by atoms with van der Waals surface area (Å²) in [6.45, 7) is 2.56. The second kappa shape index (κ2) is 12.4. The number of carbonyl (C=O) groups is 2. The van der Waals surface area contributed by atoms with Crippen molar-refractivity contribution in [1.29, 1.82) is 0 Å². The fourth-order valence-electron chi connectivity index (χ4n) is 3.62. The fourth-order valence-corrected chi connectivity index (χ4v) is 5.51. The summed E-state index contributed by atoms with van der Waals surface area (Å²) in [5.74, 6) is -1.77. The van der Waals surface area contributed by atoms with E-state index in [1.165, 1.54) is 55.5 Å². The number of benzene rings is 3. The summed E-state index contributed by atoms with van der Waals surface area (Å²) in [6.07, 6.45) is 0. The Bertz CT molecular complexity index is 1370. The largest absolute Gasteiger partial charge is 0.355 e. The molecule has 0 bridgehead atoms. The number of rotatable bonds is 10. The Morgan fingerprint density at radius 3 is 2.30 bits per heavy atom. The highest BCUT2D eigenvalue weighted by Crippen LogP contribution is 2.33. The lowest BCUT2D eigenvalue weighted by Crippen LogP contribution is -2.51. The monoisotopic (exact) mass is 565 g/mol. The molecule has 0 aromatic heterocycles. The molecule has 0 fully saturated rings. The van der Waals surface area contributed by atoms with Gasteiger partial charge in [0.15, 0.2) is 0 Å². The van der Waals surface area contributed by atoms with E-state index in [2.05, 4.69) is 5.32 Å². The molecule has 0 aliphatic heterocycles. The summed E-state index contributed by atoms with van der Waals surface area (Å²) in [4.78, 5) is 27.4. The molecule has 1 N–H and O–H groups in total. The molecule has 3 aromatic carbocycles. The van der Waals surface area contributed by atoms with Crippen LogP contribution in [0.1, 0.15) is 19.4 Å². The molecule has 37 heavy (non-hydrogen) atoms. The van der Waals surface area contributed by atoms with Crippen LogP contribution in [-0.2, 0) is 26.2 Å². The van der Waals surface area contributed by atoms with E-state index in [-0.39, 0.29) is 32.7 Å². The Morgan fingerprint density at radius 1 is 1.00 bits per heavy atom. The Kier molecular flexibility index (Phi) is 9.53. The van der Waals surface area contributed by atoms with Crippen molar-refractivity contribution in [2.75, 3.05) is 17.4 Å². The lowest BCUT2D eigenvalue weighted by molar-refractivity contribution is -0.139. The molecule has 196 valence electrons. The Labute approximate surface area is 225 Å². The van der Waals surface area contributed by atoms with E-state index in [0.29, 0.717) is 6.54 Å². The van der Waals surface area contributed by atoms with Gasteiger partial charge in [0.05, 0.1) is 15.6 Å². The van der Waals surface area contributed by atoms with Crippen LogP contribution in [0.4, 0.5) is 10.1 Å². The number of nitrogens with zero attached hydrogens (tertiary/aromatic N) is 2. The van der Waals surface area contributed by atoms with Crippen molar-refractivity contribution in [2.45, 2.75) is 31.3 Å². The molecule has 7 nitrogen and oxygen atoms in total. The highest BCUT2D eigenvalue weighted by atomic mass is 35.5. The quantitative estimate of drug-likeness (QED) is 0.379. The second-order valence-corrected chi connectivity index (χ2v) is 10.8. The SMILES string of the molecule is CCNC(=O)[C@@H](C)N(Cc1ccccc1F)C(=O)CN(c1cc(Cl)ccc1Cl)S(=O)(=O)c1ccccc1. The number of hydrogen-bond acceptors (Lipinski definition) is 4. The molecule has 3 aromatic rings. The van der Waals surface area contributed by atoms with Crippen molar-refractivity contribution in [3.05, 3.63) is 94.2 Å². The van der Waals surface area contributed by atoms with E-state index >= 15 is 0 Å². The predicted octanol–water partition coefficient (Wildman–Crippen LogP) is 4.88. The van der Waals surface area contributed by atoms with E-state index < -0.39 is 40.2 Å². The van der Waals surface area contributed by atoms with E-state index in [1.54, 1.807) is 31.2 Å². The molecular weight excluding hydrogens is 540 g/mol. The zero-order chi connectivity index (χ0) is 27.2. The zero-order valence-electron chi connectivity index (χ0n) is 20.2. The number of sulfonamides is 1. The Balaban J connectivity index is 2.07. The average Bonchev–Trinajstić information content (AvgIpc) is 2.88. The molecule has 0 spiro atoms. The third kappa shape index (κ3) is 6.80. The summed E-state index contributed by atoms with van der Waals surface area (Å²) in [5, 5.41) is 2.90. The lowest BCUT2D eigenvalue weighted by Gasteiger charge is -2.32. The fraction of sp³-hybridized carbons (Fsp3) is 0.231. The normalized spacial score (nSPS) is 12.0. The van der Waals surface area contributed by atoms with Crippen LogP contribution in [0.3, 0.4) is 0 Å². The van der Waals surface area contributed by atoms with E-state index in [9.17, 15) is 22.4 Å². The molecule has 0 saturated heterocycles. The van der Waals surface area contributed by atoms with Gasteiger partial charge in [-0.2, -0.15) is 0 Å². The molecule has 0 saturated carbocycles. The number of hydrogen-bond donors (Lipinski definition) is 1. The van der Waals surface area contributed by atoms with Gasteiger partial charge in [-0.05, 0) is 50.2 Å². The van der Waals surface area contributed by atoms with Crippen molar-refractivity contribution in [1.82, 2.24) is 10.2 Å². The van der Waals surface area contributed by atoms with Gasteiger partial charge in [-0.25, -0.2) is 12.8 Å². The van der Waals surface area contributed by atoms with Gasteiger partial charge in [0.1, 0.15) is 18.4 Å². The van der Waals surface area contributed by atoms with Gasteiger partial charge < -0.3 is 10.2 Å². The van der Waals surface area contributed by atoms with Crippen molar-refractivity contribution >= 4 is 50.7 Å². The third-order valence-corrected chi connectivity index (χ3v) is 7.93. The first-order chi connectivity index (χ1) is 17.6. The summed E-state index contributed by atoms with van der Waals surface area (Å²) in [5.41, 5.74) is 0.160. The van der Waals surface area contributed by atoms with Crippen LogP contribution in [0.15, 0.2) is 77.7 Å². The standard InChI is InChI=1S/C26H26Cl2FN3O4S/c1-3-30-26(34)18(2)31(16-19-9-7-8-12-23(19)29)25(33)17-32(24-15-20(27)13-14-22(24)28)37(35,36)21-10-5-4-6-11-21/h4-15,18H,3,16-17H2,1-2H3,(H,30,34)/t18-/m1/s1. The third-order valence-electron chi connectivity index (χ3n) is 5.60. The van der Waals surface area contributed by atoms with Crippen LogP contribution >= 0.6 is 23.2 Å². The van der Waals surface area contributed by atoms with Gasteiger partial charge in [0, 0.05) is 23.7 Å². The smallest absolute Gasteiger partial charge is 0.264 e. The molecule has 11 heteroatoms. The van der Waals surface area contributed by atoms with Gasteiger partial charge in [-0.3, -0.25) is 13.9 Å². The minimum atomic E-state index is -4.29. The van der Waals surface area contributed by atoms with E-state index in [4.69, 9.17) is 23.2 Å². The van der Waals surface area contributed by atoms with Crippen molar-refractivity contribution < 1.29 is 22.4 Å². The van der Waals surface area contributed by atoms with Gasteiger partial charge in [-0.15, -0.1) is 0 Å². The number of carbonyl (C=O) groups excluding carboxylic acids is 2. The van der Waals surface area contributed by atoms with Gasteiger partial charge in [0.25, 0.3) is 10.0 Å². The minimum absolute atomic E-state index is 0.0112. The molecule has 0 aliphatic carbocycles. The van der Waals surface area contributed by atoms with Crippen LogP contribution in [-0.4, -0.2) is 44.3 Å². The van der Waals surface area contributed by atoms with Crippen LogP contribution < -0.4 is 9.62 Å². The first-order valence-corrected chi connectivity index (χ1v) is 13.6. The number of likely N-dealkylation sites (N-methyl/N-ethyl adjacent to an activating group) is 1. The van der Waals surface area contributed by atoms with Gasteiger partial charge in [-0.1, -0.05) is 59.6 Å². The maximum atomic E-state index is 14.5. The molecule has 0 unspecified atom stereocenters. The first kappa shape index (κ1) is 28.4. The number of amides is 2. The Morgan fingerprint density at radius 2 is 1.65 bits per heavy atom. The van der Waals surface area contributed by atoms with E-state index in [0.717, 1.165) is 9.21 Å². The van der Waals surface area contributed by atoms with Crippen molar-refractivity contribution in [3.8, 4) is 0 Å². The second-order valence-electron chi connectivity index (χ2n) is 8.10. The first-order valence-electron chi connectivity index (χ1n) is 11.4. The molecule has 1 atom stereocenters. The topological polar surface area (TPSA) is 86.8 Å². The number of halogens is 3.